The van der Waals surface area contributed by atoms with Gasteiger partial charge in [-0.3, -0.25) is 4.79 Å². The number of thiophene rings is 1. The average molecular weight is 206 g/mol. The Balaban J connectivity index is 2.10. The number of hydrogen-bond donors (Lipinski definition) is 0. The lowest BCUT2D eigenvalue weighted by atomic mass is 10.1. The van der Waals surface area contributed by atoms with E-state index in [-0.39, 0.29) is 5.92 Å². The number of hydrogen-bond acceptors (Lipinski definition) is 4. The summed E-state index contributed by atoms with van der Waals surface area (Å²) < 4.78 is 0. The summed E-state index contributed by atoms with van der Waals surface area (Å²) in [6, 6.07) is 4.16. The molecular formula is C10H10N2OS. The molecule has 3 nitrogen and oxygen atoms in total. The molecule has 14 heavy (non-hydrogen) atoms. The number of nitrogens with zero attached hydrogens (tertiary/aromatic N) is 2. The second-order valence-corrected chi connectivity index (χ2v) is 4.33. The van der Waals surface area contributed by atoms with Crippen molar-refractivity contribution < 1.29 is 4.79 Å². The van der Waals surface area contributed by atoms with Gasteiger partial charge in [0.05, 0.1) is 16.9 Å². The SMILES string of the molecule is N#CC1CCN(c2csc(C=O)c2)C1. The fourth-order valence-electron chi connectivity index (χ4n) is 1.67. The van der Waals surface area contributed by atoms with Crippen molar-refractivity contribution in [3.05, 3.63) is 16.3 Å². The topological polar surface area (TPSA) is 44.1 Å². The van der Waals surface area contributed by atoms with Crippen LogP contribution in [0.3, 0.4) is 0 Å². The number of rotatable bonds is 2. The van der Waals surface area contributed by atoms with Gasteiger partial charge in [0.25, 0.3) is 0 Å². The largest absolute Gasteiger partial charge is 0.369 e. The Morgan fingerprint density at radius 1 is 1.71 bits per heavy atom. The van der Waals surface area contributed by atoms with E-state index in [1.807, 2.05) is 11.4 Å². The van der Waals surface area contributed by atoms with Crippen molar-refractivity contribution in [2.24, 2.45) is 5.92 Å². The van der Waals surface area contributed by atoms with Crippen LogP contribution in [0.15, 0.2) is 11.4 Å². The molecular weight excluding hydrogens is 196 g/mol. The van der Waals surface area contributed by atoms with E-state index in [1.165, 1.54) is 11.3 Å². The highest BCUT2D eigenvalue weighted by molar-refractivity contribution is 7.12. The first kappa shape index (κ1) is 9.22. The molecule has 1 unspecified atom stereocenters. The van der Waals surface area contributed by atoms with E-state index in [0.717, 1.165) is 36.4 Å². The van der Waals surface area contributed by atoms with Crippen LogP contribution in [0.2, 0.25) is 0 Å². The van der Waals surface area contributed by atoms with Crippen LogP contribution >= 0.6 is 11.3 Å². The van der Waals surface area contributed by atoms with Gasteiger partial charge in [-0.15, -0.1) is 11.3 Å². The first-order valence-corrected chi connectivity index (χ1v) is 5.39. The van der Waals surface area contributed by atoms with Crippen molar-refractivity contribution in [1.82, 2.24) is 0 Å². The molecule has 0 aliphatic carbocycles. The smallest absolute Gasteiger partial charge is 0.160 e. The molecule has 0 spiro atoms. The summed E-state index contributed by atoms with van der Waals surface area (Å²) in [6.45, 7) is 1.72. The fraction of sp³-hybridized carbons (Fsp3) is 0.400. The molecule has 1 saturated heterocycles. The standard InChI is InChI=1S/C10H10N2OS/c11-4-8-1-2-12(5-8)9-3-10(6-13)14-7-9/h3,6-8H,1-2,5H2. The Kier molecular flexibility index (Phi) is 2.51. The zero-order chi connectivity index (χ0) is 9.97. The van der Waals surface area contributed by atoms with Crippen LogP contribution in [0.1, 0.15) is 16.1 Å². The van der Waals surface area contributed by atoms with Gasteiger partial charge >= 0.3 is 0 Å². The van der Waals surface area contributed by atoms with Crippen LogP contribution < -0.4 is 4.90 Å². The van der Waals surface area contributed by atoms with Crippen LogP contribution in [0.5, 0.6) is 0 Å². The highest BCUT2D eigenvalue weighted by Crippen LogP contribution is 2.27. The van der Waals surface area contributed by atoms with Crippen molar-refractivity contribution in [1.29, 1.82) is 5.26 Å². The number of nitriles is 1. The lowest BCUT2D eigenvalue weighted by molar-refractivity contribution is 0.112. The normalized spacial score (nSPS) is 20.8. The van der Waals surface area contributed by atoms with Gasteiger partial charge in [-0.1, -0.05) is 0 Å². The number of carbonyl (C=O) groups is 1. The van der Waals surface area contributed by atoms with Crippen LogP contribution in [0.25, 0.3) is 0 Å². The van der Waals surface area contributed by atoms with Crippen molar-refractivity contribution in [3.63, 3.8) is 0 Å². The third-order valence-corrected chi connectivity index (χ3v) is 3.30. The molecule has 0 radical (unpaired) electrons. The van der Waals surface area contributed by atoms with Gasteiger partial charge in [0, 0.05) is 24.2 Å². The molecule has 0 aromatic carbocycles. The summed E-state index contributed by atoms with van der Waals surface area (Å²) in [7, 11) is 0. The third-order valence-electron chi connectivity index (χ3n) is 2.46. The first-order valence-electron chi connectivity index (χ1n) is 4.52. The molecule has 4 heteroatoms. The summed E-state index contributed by atoms with van der Waals surface area (Å²) in [5.74, 6) is 0.148. The molecule has 1 aliphatic heterocycles. The number of carbonyl (C=O) groups excluding carboxylic acids is 1. The maximum Gasteiger partial charge on any atom is 0.160 e. The molecule has 0 bridgehead atoms. The van der Waals surface area contributed by atoms with Crippen molar-refractivity contribution in [2.45, 2.75) is 6.42 Å². The van der Waals surface area contributed by atoms with Crippen LogP contribution in [0, 0.1) is 17.2 Å². The molecule has 1 aromatic rings. The predicted octanol–water partition coefficient (Wildman–Crippen LogP) is 1.91. The second kappa shape index (κ2) is 3.81. The first-order chi connectivity index (χ1) is 6.83. The van der Waals surface area contributed by atoms with Crippen molar-refractivity contribution >= 4 is 23.3 Å². The summed E-state index contributed by atoms with van der Waals surface area (Å²) in [5, 5.41) is 10.7. The molecule has 1 fully saturated rings. The molecule has 0 N–H and O–H groups in total. The molecule has 72 valence electrons. The maximum atomic E-state index is 10.5. The summed E-state index contributed by atoms with van der Waals surface area (Å²) >= 11 is 1.45. The fourth-order valence-corrected chi connectivity index (χ4v) is 2.39. The van der Waals surface area contributed by atoms with Gasteiger partial charge in [0.2, 0.25) is 0 Å². The molecule has 1 atom stereocenters. The van der Waals surface area contributed by atoms with Crippen LogP contribution in [-0.4, -0.2) is 19.4 Å². The molecule has 2 heterocycles. The molecule has 0 saturated carbocycles. The highest BCUT2D eigenvalue weighted by atomic mass is 32.1. The lowest BCUT2D eigenvalue weighted by Gasteiger charge is -2.14. The number of aldehydes is 1. The zero-order valence-corrected chi connectivity index (χ0v) is 8.46. The van der Waals surface area contributed by atoms with Gasteiger partial charge in [-0.2, -0.15) is 5.26 Å². The van der Waals surface area contributed by atoms with E-state index in [0.29, 0.717) is 0 Å². The van der Waals surface area contributed by atoms with E-state index in [9.17, 15) is 4.79 Å². The summed E-state index contributed by atoms with van der Waals surface area (Å²) in [5.41, 5.74) is 1.08. The van der Waals surface area contributed by atoms with Gasteiger partial charge < -0.3 is 4.90 Å². The Morgan fingerprint density at radius 2 is 2.57 bits per heavy atom. The lowest BCUT2D eigenvalue weighted by Crippen LogP contribution is -2.18. The quantitative estimate of drug-likeness (QED) is 0.694. The Labute approximate surface area is 86.6 Å². The van der Waals surface area contributed by atoms with Gasteiger partial charge in [-0.05, 0) is 12.5 Å². The molecule has 2 rings (SSSR count). The predicted molar refractivity (Wildman–Crippen MR) is 55.6 cm³/mol. The van der Waals surface area contributed by atoms with E-state index in [1.54, 1.807) is 0 Å². The number of anilines is 1. The molecule has 0 amide bonds. The van der Waals surface area contributed by atoms with Crippen molar-refractivity contribution in [2.75, 3.05) is 18.0 Å². The average Bonchev–Trinajstić information content (AvgIpc) is 2.86. The second-order valence-electron chi connectivity index (χ2n) is 3.39. The van der Waals surface area contributed by atoms with Crippen LogP contribution in [-0.2, 0) is 0 Å². The minimum absolute atomic E-state index is 0.148. The van der Waals surface area contributed by atoms with E-state index in [4.69, 9.17) is 5.26 Å². The van der Waals surface area contributed by atoms with Gasteiger partial charge in [0.1, 0.15) is 0 Å². The Morgan fingerprint density at radius 3 is 3.14 bits per heavy atom. The summed E-state index contributed by atoms with van der Waals surface area (Å²) in [4.78, 5) is 13.4. The highest BCUT2D eigenvalue weighted by Gasteiger charge is 2.22. The minimum Gasteiger partial charge on any atom is -0.369 e. The van der Waals surface area contributed by atoms with E-state index < -0.39 is 0 Å². The molecule has 1 aliphatic rings. The van der Waals surface area contributed by atoms with Crippen LogP contribution in [0.4, 0.5) is 5.69 Å². The van der Waals surface area contributed by atoms with Gasteiger partial charge in [-0.25, -0.2) is 0 Å². The Hall–Kier alpha value is -1.34. The van der Waals surface area contributed by atoms with Gasteiger partial charge in [0.15, 0.2) is 6.29 Å². The minimum atomic E-state index is 0.148. The van der Waals surface area contributed by atoms with Crippen molar-refractivity contribution in [3.8, 4) is 6.07 Å². The third kappa shape index (κ3) is 1.64. The monoisotopic (exact) mass is 206 g/mol. The molecule has 1 aromatic heterocycles. The summed E-state index contributed by atoms with van der Waals surface area (Å²) in [6.07, 6.45) is 1.80. The Bertz CT molecular complexity index is 380. The van der Waals surface area contributed by atoms with E-state index >= 15 is 0 Å². The maximum absolute atomic E-state index is 10.5. The van der Waals surface area contributed by atoms with E-state index in [2.05, 4.69) is 11.0 Å². The zero-order valence-electron chi connectivity index (χ0n) is 7.64.